The molecule has 2 N–H and O–H groups in total. The van der Waals surface area contributed by atoms with E-state index in [2.05, 4.69) is 25.5 Å². The number of carbonyl (C=O) groups is 1. The fraction of sp³-hybridized carbons (Fsp3) is 0.278. The Morgan fingerprint density at radius 3 is 2.78 bits per heavy atom. The second-order valence-corrected chi connectivity index (χ2v) is 6.28. The number of aryl methyl sites for hydroxylation is 1. The zero-order chi connectivity index (χ0) is 18.1. The molecule has 0 unspecified atom stereocenters. The van der Waals surface area contributed by atoms with E-state index in [0.717, 1.165) is 37.6 Å². The summed E-state index contributed by atoms with van der Waals surface area (Å²) in [5.74, 6) is -0.735. The van der Waals surface area contributed by atoms with Crippen LogP contribution < -0.4 is 15.5 Å². The average Bonchev–Trinajstić information content (AvgIpc) is 3.01. The lowest BCUT2D eigenvalue weighted by atomic mass is 10.1. The Morgan fingerprint density at radius 1 is 1.26 bits per heavy atom. The molecule has 27 heavy (non-hydrogen) atoms. The highest BCUT2D eigenvalue weighted by atomic mass is 35.5. The first-order chi connectivity index (χ1) is 12.6. The quantitative estimate of drug-likeness (QED) is 0.717. The van der Waals surface area contributed by atoms with E-state index >= 15 is 0 Å². The lowest BCUT2D eigenvalue weighted by molar-refractivity contribution is 0.102. The number of carbonyl (C=O) groups excluding carboxylic acids is 1. The molecular weight excluding hydrogens is 371 g/mol. The van der Waals surface area contributed by atoms with Crippen molar-refractivity contribution in [2.45, 2.75) is 6.92 Å². The van der Waals surface area contributed by atoms with Gasteiger partial charge in [-0.15, -0.1) is 12.4 Å². The summed E-state index contributed by atoms with van der Waals surface area (Å²) in [6, 6.07) is 4.71. The van der Waals surface area contributed by atoms with E-state index < -0.39 is 11.7 Å². The maximum absolute atomic E-state index is 14.5. The van der Waals surface area contributed by atoms with Crippen molar-refractivity contribution in [2.75, 3.05) is 36.4 Å². The van der Waals surface area contributed by atoms with Gasteiger partial charge in [-0.05, 0) is 25.1 Å². The summed E-state index contributed by atoms with van der Waals surface area (Å²) in [5, 5.41) is 5.89. The van der Waals surface area contributed by atoms with Crippen molar-refractivity contribution in [1.29, 1.82) is 0 Å². The monoisotopic (exact) mass is 390 g/mol. The van der Waals surface area contributed by atoms with Crippen LogP contribution in [0, 0.1) is 12.7 Å². The second-order valence-electron chi connectivity index (χ2n) is 6.28. The number of nitrogens with zero attached hydrogens (tertiary/aromatic N) is 4. The molecule has 1 saturated heterocycles. The first kappa shape index (κ1) is 19.1. The van der Waals surface area contributed by atoms with Gasteiger partial charge in [-0.1, -0.05) is 0 Å². The van der Waals surface area contributed by atoms with Gasteiger partial charge in [0.1, 0.15) is 11.6 Å². The molecule has 9 heteroatoms. The summed E-state index contributed by atoms with van der Waals surface area (Å²) >= 11 is 0. The number of amides is 1. The average molecular weight is 391 g/mol. The Balaban J connectivity index is 0.00000210. The van der Waals surface area contributed by atoms with E-state index in [0.29, 0.717) is 11.5 Å². The summed E-state index contributed by atoms with van der Waals surface area (Å²) in [6.45, 7) is 5.25. The molecule has 1 amide bonds. The molecule has 0 aliphatic carbocycles. The van der Waals surface area contributed by atoms with Crippen LogP contribution in [0.5, 0.6) is 0 Å². The van der Waals surface area contributed by atoms with Crippen molar-refractivity contribution in [1.82, 2.24) is 19.7 Å². The van der Waals surface area contributed by atoms with Crippen molar-refractivity contribution in [3.63, 3.8) is 0 Å². The molecule has 3 heterocycles. The fourth-order valence-electron chi connectivity index (χ4n) is 3.08. The van der Waals surface area contributed by atoms with Crippen LogP contribution in [-0.4, -0.2) is 46.5 Å². The minimum absolute atomic E-state index is 0. The molecule has 0 saturated carbocycles. The molecule has 0 spiro atoms. The van der Waals surface area contributed by atoms with E-state index in [-0.39, 0.29) is 18.0 Å². The molecule has 1 aliphatic rings. The van der Waals surface area contributed by atoms with Gasteiger partial charge in [0.2, 0.25) is 0 Å². The Bertz CT molecular complexity index is 970. The SMILES string of the molecule is Cc1cn2cc(NC(=O)c3ccc(N4CCNCC4)cc3F)ncc2n1.Cl. The van der Waals surface area contributed by atoms with E-state index in [9.17, 15) is 9.18 Å². The van der Waals surface area contributed by atoms with Crippen molar-refractivity contribution in [3.8, 4) is 0 Å². The zero-order valence-corrected chi connectivity index (χ0v) is 15.6. The number of hydrogen-bond acceptors (Lipinski definition) is 5. The number of halogens is 2. The first-order valence-corrected chi connectivity index (χ1v) is 8.48. The largest absolute Gasteiger partial charge is 0.369 e. The summed E-state index contributed by atoms with van der Waals surface area (Å²) in [5.41, 5.74) is 2.32. The molecule has 3 aromatic rings. The normalized spacial score (nSPS) is 14.1. The summed E-state index contributed by atoms with van der Waals surface area (Å²) in [6.07, 6.45) is 5.04. The standard InChI is InChI=1S/C18H19FN6O.ClH/c1-12-10-25-11-16(21-9-17(25)22-12)23-18(26)14-3-2-13(8-15(14)19)24-6-4-20-5-7-24;/h2-3,8-11,20H,4-7H2,1H3,(H,23,26);1H. The van der Waals surface area contributed by atoms with Gasteiger partial charge in [0.05, 0.1) is 23.7 Å². The van der Waals surface area contributed by atoms with Gasteiger partial charge < -0.3 is 19.9 Å². The number of benzene rings is 1. The van der Waals surface area contributed by atoms with Crippen molar-refractivity contribution in [2.24, 2.45) is 0 Å². The third-order valence-corrected chi connectivity index (χ3v) is 4.38. The van der Waals surface area contributed by atoms with Crippen LogP contribution in [-0.2, 0) is 0 Å². The number of hydrogen-bond donors (Lipinski definition) is 2. The second kappa shape index (κ2) is 7.89. The van der Waals surface area contributed by atoms with Gasteiger partial charge in [-0.3, -0.25) is 4.79 Å². The van der Waals surface area contributed by atoms with E-state index in [1.165, 1.54) is 12.1 Å². The molecule has 1 fully saturated rings. The molecule has 1 aliphatic heterocycles. The molecule has 1 aromatic carbocycles. The van der Waals surface area contributed by atoms with Gasteiger partial charge >= 0.3 is 0 Å². The number of nitrogens with one attached hydrogen (secondary N) is 2. The van der Waals surface area contributed by atoms with Gasteiger partial charge in [-0.25, -0.2) is 14.4 Å². The van der Waals surface area contributed by atoms with Gasteiger partial charge in [0.15, 0.2) is 5.65 Å². The minimum atomic E-state index is -0.543. The Hall–Kier alpha value is -2.71. The maximum Gasteiger partial charge on any atom is 0.259 e. The molecular formula is C18H20ClFN6O. The van der Waals surface area contributed by atoms with E-state index in [1.54, 1.807) is 22.9 Å². The van der Waals surface area contributed by atoms with Crippen LogP contribution in [0.4, 0.5) is 15.9 Å². The molecule has 0 bridgehead atoms. The van der Waals surface area contributed by atoms with Gasteiger partial charge in [0.25, 0.3) is 5.91 Å². The molecule has 142 valence electrons. The third-order valence-electron chi connectivity index (χ3n) is 4.38. The van der Waals surface area contributed by atoms with Crippen LogP contribution in [0.2, 0.25) is 0 Å². The molecule has 2 aromatic heterocycles. The van der Waals surface area contributed by atoms with Crippen LogP contribution >= 0.6 is 12.4 Å². The Labute approximate surface area is 162 Å². The van der Waals surface area contributed by atoms with Crippen molar-refractivity contribution < 1.29 is 9.18 Å². The number of anilines is 2. The predicted molar refractivity (Wildman–Crippen MR) is 104 cm³/mol. The smallest absolute Gasteiger partial charge is 0.259 e. The maximum atomic E-state index is 14.5. The summed E-state index contributed by atoms with van der Waals surface area (Å²) < 4.78 is 16.2. The van der Waals surface area contributed by atoms with E-state index in [4.69, 9.17) is 0 Å². The lowest BCUT2D eigenvalue weighted by Gasteiger charge is -2.29. The van der Waals surface area contributed by atoms with Crippen LogP contribution in [0.15, 0.2) is 36.8 Å². The Morgan fingerprint density at radius 2 is 2.04 bits per heavy atom. The molecule has 4 rings (SSSR count). The highest BCUT2D eigenvalue weighted by Crippen LogP contribution is 2.20. The predicted octanol–water partition coefficient (Wildman–Crippen LogP) is 2.26. The highest BCUT2D eigenvalue weighted by Gasteiger charge is 2.17. The lowest BCUT2D eigenvalue weighted by Crippen LogP contribution is -2.43. The number of fused-ring (bicyclic) bond motifs is 1. The van der Waals surface area contributed by atoms with Crippen molar-refractivity contribution in [3.05, 3.63) is 53.9 Å². The summed E-state index contributed by atoms with van der Waals surface area (Å²) in [7, 11) is 0. The minimum Gasteiger partial charge on any atom is -0.369 e. The van der Waals surface area contributed by atoms with Crippen LogP contribution in [0.25, 0.3) is 5.65 Å². The highest BCUT2D eigenvalue weighted by molar-refractivity contribution is 6.04. The molecule has 0 radical (unpaired) electrons. The zero-order valence-electron chi connectivity index (χ0n) is 14.8. The van der Waals surface area contributed by atoms with Gasteiger partial charge in [-0.2, -0.15) is 0 Å². The summed E-state index contributed by atoms with van der Waals surface area (Å²) in [4.78, 5) is 23.0. The number of rotatable bonds is 3. The van der Waals surface area contributed by atoms with E-state index in [1.807, 2.05) is 13.1 Å². The number of piperazine rings is 1. The molecule has 0 atom stereocenters. The van der Waals surface area contributed by atoms with Crippen LogP contribution in [0.3, 0.4) is 0 Å². The first-order valence-electron chi connectivity index (χ1n) is 8.48. The number of imidazole rings is 1. The number of aromatic nitrogens is 3. The van der Waals surface area contributed by atoms with Crippen molar-refractivity contribution >= 4 is 35.5 Å². The van der Waals surface area contributed by atoms with Gasteiger partial charge in [0, 0.05) is 38.1 Å². The Kier molecular flexibility index (Phi) is 5.57. The molecule has 7 nitrogen and oxygen atoms in total. The topological polar surface area (TPSA) is 74.6 Å². The fourth-order valence-corrected chi connectivity index (χ4v) is 3.08. The third kappa shape index (κ3) is 4.01. The van der Waals surface area contributed by atoms with Crippen LogP contribution in [0.1, 0.15) is 16.1 Å².